The SMILES string of the molecule is C=CCC(C)(C)C(=O)O[Si](C)(C)OCC. The molecule has 0 atom stereocenters. The van der Waals surface area contributed by atoms with E-state index in [-0.39, 0.29) is 5.97 Å². The standard InChI is InChI=1S/C11H22O3Si/c1-7-9-11(3,4)10(12)14-15(5,6)13-8-2/h7H,1,8-9H2,2-6H3. The van der Waals surface area contributed by atoms with Crippen LogP contribution in [0.2, 0.25) is 13.1 Å². The molecule has 3 nitrogen and oxygen atoms in total. The van der Waals surface area contributed by atoms with Gasteiger partial charge in [0, 0.05) is 6.61 Å². The molecule has 0 heterocycles. The highest BCUT2D eigenvalue weighted by Crippen LogP contribution is 2.24. The monoisotopic (exact) mass is 230 g/mol. The molecule has 0 saturated carbocycles. The van der Waals surface area contributed by atoms with Gasteiger partial charge in [0.1, 0.15) is 0 Å². The van der Waals surface area contributed by atoms with Crippen LogP contribution < -0.4 is 0 Å². The molecule has 0 bridgehead atoms. The molecule has 0 aromatic heterocycles. The summed E-state index contributed by atoms with van der Waals surface area (Å²) in [5.41, 5.74) is -0.511. The fourth-order valence-electron chi connectivity index (χ4n) is 1.18. The number of hydrogen-bond donors (Lipinski definition) is 0. The van der Waals surface area contributed by atoms with E-state index in [2.05, 4.69) is 6.58 Å². The van der Waals surface area contributed by atoms with Crippen molar-refractivity contribution < 1.29 is 13.6 Å². The zero-order valence-corrected chi connectivity index (χ0v) is 11.4. The third-order valence-electron chi connectivity index (χ3n) is 2.04. The van der Waals surface area contributed by atoms with Crippen LogP contribution in [0, 0.1) is 5.41 Å². The van der Waals surface area contributed by atoms with Crippen molar-refractivity contribution in [3.63, 3.8) is 0 Å². The Morgan fingerprint density at radius 2 is 2.00 bits per heavy atom. The Balaban J connectivity index is 4.41. The lowest BCUT2D eigenvalue weighted by molar-refractivity contribution is -0.146. The van der Waals surface area contributed by atoms with Crippen LogP contribution in [0.1, 0.15) is 27.2 Å². The molecule has 88 valence electrons. The van der Waals surface area contributed by atoms with Gasteiger partial charge < -0.3 is 8.85 Å². The Kier molecular flexibility index (Phi) is 5.24. The normalized spacial score (nSPS) is 12.3. The maximum absolute atomic E-state index is 11.8. The summed E-state index contributed by atoms with van der Waals surface area (Å²) in [5, 5.41) is 0. The second-order valence-electron chi connectivity index (χ2n) is 4.60. The van der Waals surface area contributed by atoms with Gasteiger partial charge in [-0.1, -0.05) is 6.08 Å². The first-order valence-electron chi connectivity index (χ1n) is 5.23. The Morgan fingerprint density at radius 3 is 2.40 bits per heavy atom. The average Bonchev–Trinajstić information content (AvgIpc) is 2.02. The topological polar surface area (TPSA) is 35.5 Å². The molecule has 0 saturated heterocycles. The summed E-state index contributed by atoms with van der Waals surface area (Å²) in [7, 11) is -2.29. The van der Waals surface area contributed by atoms with Crippen molar-refractivity contribution in [2.45, 2.75) is 40.3 Å². The van der Waals surface area contributed by atoms with Gasteiger partial charge >= 0.3 is 8.56 Å². The molecule has 0 unspecified atom stereocenters. The van der Waals surface area contributed by atoms with Crippen LogP contribution in [0.15, 0.2) is 12.7 Å². The maximum Gasteiger partial charge on any atom is 0.395 e. The molecule has 0 spiro atoms. The summed E-state index contributed by atoms with van der Waals surface area (Å²) in [5.74, 6) is -0.201. The predicted molar refractivity (Wildman–Crippen MR) is 63.8 cm³/mol. The molecule has 0 amide bonds. The largest absolute Gasteiger partial charge is 0.494 e. The van der Waals surface area contributed by atoms with Crippen LogP contribution in [-0.2, 0) is 13.6 Å². The second-order valence-corrected chi connectivity index (χ2v) is 7.89. The van der Waals surface area contributed by atoms with Crippen molar-refractivity contribution >= 4 is 14.5 Å². The molecule has 0 N–H and O–H groups in total. The Morgan fingerprint density at radius 1 is 1.47 bits per heavy atom. The van der Waals surface area contributed by atoms with Gasteiger partial charge in [-0.2, -0.15) is 0 Å². The van der Waals surface area contributed by atoms with Gasteiger partial charge in [-0.05, 0) is 40.3 Å². The van der Waals surface area contributed by atoms with E-state index in [0.717, 1.165) is 0 Å². The van der Waals surface area contributed by atoms with Gasteiger partial charge in [0.05, 0.1) is 5.41 Å². The van der Waals surface area contributed by atoms with Crippen LogP contribution in [-0.4, -0.2) is 21.1 Å². The van der Waals surface area contributed by atoms with Crippen molar-refractivity contribution in [1.82, 2.24) is 0 Å². The van der Waals surface area contributed by atoms with Gasteiger partial charge in [0.25, 0.3) is 5.97 Å². The first-order valence-corrected chi connectivity index (χ1v) is 8.05. The lowest BCUT2D eigenvalue weighted by Crippen LogP contribution is -2.41. The zero-order chi connectivity index (χ0) is 12.1. The molecule has 0 rings (SSSR count). The van der Waals surface area contributed by atoms with E-state index >= 15 is 0 Å². The molecule has 15 heavy (non-hydrogen) atoms. The van der Waals surface area contributed by atoms with Crippen molar-refractivity contribution in [2.24, 2.45) is 5.41 Å². The molecule has 0 fully saturated rings. The predicted octanol–water partition coefficient (Wildman–Crippen LogP) is 2.87. The number of rotatable bonds is 6. The number of carbonyl (C=O) groups is 1. The third kappa shape index (κ3) is 5.13. The minimum absolute atomic E-state index is 0.201. The molecule has 0 aliphatic rings. The molecule has 4 heteroatoms. The van der Waals surface area contributed by atoms with Crippen molar-refractivity contribution in [1.29, 1.82) is 0 Å². The Labute approximate surface area is 93.7 Å². The van der Waals surface area contributed by atoms with Crippen LogP contribution in [0.4, 0.5) is 0 Å². The molecule has 0 aliphatic carbocycles. The van der Waals surface area contributed by atoms with Gasteiger partial charge in [0.2, 0.25) is 0 Å². The second kappa shape index (κ2) is 5.46. The van der Waals surface area contributed by atoms with E-state index < -0.39 is 14.0 Å². The van der Waals surface area contributed by atoms with E-state index in [1.165, 1.54) is 0 Å². The average molecular weight is 230 g/mol. The number of hydrogen-bond acceptors (Lipinski definition) is 3. The molecular weight excluding hydrogens is 208 g/mol. The molecule has 0 aromatic carbocycles. The van der Waals surface area contributed by atoms with Crippen molar-refractivity contribution in [2.75, 3.05) is 6.61 Å². The number of allylic oxidation sites excluding steroid dienone is 1. The minimum Gasteiger partial charge on any atom is -0.494 e. The van der Waals surface area contributed by atoms with Crippen molar-refractivity contribution in [3.8, 4) is 0 Å². The van der Waals surface area contributed by atoms with E-state index in [0.29, 0.717) is 13.0 Å². The smallest absolute Gasteiger partial charge is 0.395 e. The van der Waals surface area contributed by atoms with E-state index in [9.17, 15) is 4.79 Å². The quantitative estimate of drug-likeness (QED) is 0.520. The van der Waals surface area contributed by atoms with Crippen LogP contribution in [0.25, 0.3) is 0 Å². The highest BCUT2D eigenvalue weighted by molar-refractivity contribution is 6.66. The van der Waals surface area contributed by atoms with Gasteiger partial charge in [-0.25, -0.2) is 0 Å². The maximum atomic E-state index is 11.8. The van der Waals surface area contributed by atoms with E-state index in [1.54, 1.807) is 6.08 Å². The molecule has 0 aliphatic heterocycles. The van der Waals surface area contributed by atoms with Gasteiger partial charge in [-0.15, -0.1) is 6.58 Å². The summed E-state index contributed by atoms with van der Waals surface area (Å²) in [4.78, 5) is 11.8. The van der Waals surface area contributed by atoms with Crippen LogP contribution in [0.3, 0.4) is 0 Å². The summed E-state index contributed by atoms with van der Waals surface area (Å²) in [6.45, 7) is 13.6. The highest BCUT2D eigenvalue weighted by atomic mass is 28.4. The summed E-state index contributed by atoms with van der Waals surface area (Å²) < 4.78 is 10.9. The van der Waals surface area contributed by atoms with Gasteiger partial charge in [-0.3, -0.25) is 4.79 Å². The first kappa shape index (κ1) is 14.4. The third-order valence-corrected chi connectivity index (χ3v) is 3.70. The van der Waals surface area contributed by atoms with E-state index in [4.69, 9.17) is 8.85 Å². The fraction of sp³-hybridized carbons (Fsp3) is 0.727. The van der Waals surface area contributed by atoms with Gasteiger partial charge in [0.15, 0.2) is 0 Å². The lowest BCUT2D eigenvalue weighted by atomic mass is 9.90. The zero-order valence-electron chi connectivity index (χ0n) is 10.4. The highest BCUT2D eigenvalue weighted by Gasteiger charge is 2.35. The Hall–Kier alpha value is -0.613. The molecular formula is C11H22O3Si. The molecule has 0 aromatic rings. The van der Waals surface area contributed by atoms with Crippen LogP contribution in [0.5, 0.6) is 0 Å². The number of carbonyl (C=O) groups excluding carboxylic acids is 1. The minimum atomic E-state index is -2.29. The lowest BCUT2D eigenvalue weighted by Gasteiger charge is -2.28. The summed E-state index contributed by atoms with van der Waals surface area (Å²) >= 11 is 0. The molecule has 0 radical (unpaired) electrons. The summed E-state index contributed by atoms with van der Waals surface area (Å²) in [6, 6.07) is 0. The van der Waals surface area contributed by atoms with Crippen LogP contribution >= 0.6 is 0 Å². The summed E-state index contributed by atoms with van der Waals surface area (Å²) in [6.07, 6.45) is 2.35. The fourth-order valence-corrected chi connectivity index (χ4v) is 2.66. The van der Waals surface area contributed by atoms with Crippen molar-refractivity contribution in [3.05, 3.63) is 12.7 Å². The van der Waals surface area contributed by atoms with E-state index in [1.807, 2.05) is 33.9 Å². The Bertz CT molecular complexity index is 234. The first-order chi connectivity index (χ1) is 6.75.